The number of phenolic OH excluding ortho intramolecular Hbond substituents is 1. The SMILES string of the molecule is CCOC(=O)C(F)(F)[C@H](N)c1cc(C(F)(F)F)ccc1O. The van der Waals surface area contributed by atoms with Gasteiger partial charge < -0.3 is 15.6 Å². The summed E-state index contributed by atoms with van der Waals surface area (Å²) in [5, 5.41) is 9.41. The van der Waals surface area contributed by atoms with Crippen molar-refractivity contribution in [1.29, 1.82) is 0 Å². The van der Waals surface area contributed by atoms with E-state index in [0.717, 1.165) is 0 Å². The summed E-state index contributed by atoms with van der Waals surface area (Å²) in [6, 6.07) is -1.11. The van der Waals surface area contributed by atoms with E-state index in [2.05, 4.69) is 4.74 Å². The third-order valence-electron chi connectivity index (χ3n) is 2.63. The van der Waals surface area contributed by atoms with Gasteiger partial charge in [0.1, 0.15) is 11.8 Å². The normalized spacial score (nSPS) is 13.9. The maximum atomic E-state index is 13.7. The Bertz CT molecular complexity index is 530. The standard InChI is InChI=1S/C12H12F5NO3/c1-2-21-10(20)11(13,14)9(18)7-5-6(12(15,16)17)3-4-8(7)19/h3-5,9,19H,2,18H2,1H3/t9-/m1/s1. The number of esters is 1. The van der Waals surface area contributed by atoms with Crippen molar-refractivity contribution in [1.82, 2.24) is 0 Å². The van der Waals surface area contributed by atoms with Gasteiger partial charge in [0, 0.05) is 5.56 Å². The third-order valence-corrected chi connectivity index (χ3v) is 2.63. The number of benzene rings is 1. The summed E-state index contributed by atoms with van der Waals surface area (Å²) < 4.78 is 69.1. The quantitative estimate of drug-likeness (QED) is 0.662. The number of alkyl halides is 5. The highest BCUT2D eigenvalue weighted by Gasteiger charge is 2.49. The van der Waals surface area contributed by atoms with E-state index < -0.39 is 41.0 Å². The van der Waals surface area contributed by atoms with Gasteiger partial charge in [-0.05, 0) is 25.1 Å². The lowest BCUT2D eigenvalue weighted by Gasteiger charge is -2.23. The monoisotopic (exact) mass is 313 g/mol. The van der Waals surface area contributed by atoms with Gasteiger partial charge in [-0.2, -0.15) is 22.0 Å². The van der Waals surface area contributed by atoms with Crippen molar-refractivity contribution >= 4 is 5.97 Å². The van der Waals surface area contributed by atoms with Gasteiger partial charge in [0.15, 0.2) is 0 Å². The molecule has 0 radical (unpaired) electrons. The van der Waals surface area contributed by atoms with Crippen LogP contribution in [0.4, 0.5) is 22.0 Å². The van der Waals surface area contributed by atoms with E-state index >= 15 is 0 Å². The zero-order chi connectivity index (χ0) is 16.4. The van der Waals surface area contributed by atoms with Crippen LogP contribution in [0.5, 0.6) is 5.75 Å². The first-order chi connectivity index (χ1) is 9.51. The Hall–Kier alpha value is -1.90. The summed E-state index contributed by atoms with van der Waals surface area (Å²) in [4.78, 5) is 11.1. The van der Waals surface area contributed by atoms with Crippen LogP contribution in [0.1, 0.15) is 24.1 Å². The molecular formula is C12H12F5NO3. The number of nitrogens with two attached hydrogens (primary N) is 1. The van der Waals surface area contributed by atoms with E-state index in [0.29, 0.717) is 12.1 Å². The molecule has 0 heterocycles. The summed E-state index contributed by atoms with van der Waals surface area (Å²) >= 11 is 0. The van der Waals surface area contributed by atoms with Crippen molar-refractivity contribution in [3.05, 3.63) is 29.3 Å². The molecule has 0 saturated carbocycles. The van der Waals surface area contributed by atoms with Crippen LogP contribution in [0, 0.1) is 0 Å². The predicted molar refractivity (Wildman–Crippen MR) is 61.6 cm³/mol. The van der Waals surface area contributed by atoms with Crippen molar-refractivity contribution in [2.75, 3.05) is 6.61 Å². The Morgan fingerprint density at radius 3 is 2.38 bits per heavy atom. The Morgan fingerprint density at radius 1 is 1.33 bits per heavy atom. The van der Waals surface area contributed by atoms with E-state index in [1.165, 1.54) is 6.92 Å². The van der Waals surface area contributed by atoms with Crippen molar-refractivity contribution in [2.45, 2.75) is 25.1 Å². The molecule has 1 rings (SSSR count). The largest absolute Gasteiger partial charge is 0.508 e. The number of hydrogen-bond acceptors (Lipinski definition) is 4. The van der Waals surface area contributed by atoms with Gasteiger partial charge in [-0.1, -0.05) is 0 Å². The number of ether oxygens (including phenoxy) is 1. The van der Waals surface area contributed by atoms with Crippen LogP contribution in [0.2, 0.25) is 0 Å². The molecule has 1 atom stereocenters. The lowest BCUT2D eigenvalue weighted by molar-refractivity contribution is -0.174. The van der Waals surface area contributed by atoms with Gasteiger partial charge in [-0.3, -0.25) is 0 Å². The molecule has 3 N–H and O–H groups in total. The van der Waals surface area contributed by atoms with E-state index in [-0.39, 0.29) is 12.7 Å². The van der Waals surface area contributed by atoms with Gasteiger partial charge in [-0.25, -0.2) is 4.79 Å². The van der Waals surface area contributed by atoms with Gasteiger partial charge in [0.25, 0.3) is 0 Å². The first-order valence-electron chi connectivity index (χ1n) is 5.72. The highest BCUT2D eigenvalue weighted by atomic mass is 19.4. The first kappa shape index (κ1) is 17.2. The number of rotatable bonds is 4. The smallest absolute Gasteiger partial charge is 0.416 e. The topological polar surface area (TPSA) is 72.5 Å². The molecule has 1 aromatic rings. The van der Waals surface area contributed by atoms with E-state index in [9.17, 15) is 31.9 Å². The molecule has 0 fully saturated rings. The van der Waals surface area contributed by atoms with Gasteiger partial charge in [-0.15, -0.1) is 0 Å². The van der Waals surface area contributed by atoms with Crippen molar-refractivity contribution in [3.63, 3.8) is 0 Å². The van der Waals surface area contributed by atoms with Crippen LogP contribution >= 0.6 is 0 Å². The maximum absolute atomic E-state index is 13.7. The second-order valence-electron chi connectivity index (χ2n) is 4.09. The lowest BCUT2D eigenvalue weighted by atomic mass is 9.98. The number of phenols is 1. The summed E-state index contributed by atoms with van der Waals surface area (Å²) in [7, 11) is 0. The number of hydrogen-bond donors (Lipinski definition) is 2. The van der Waals surface area contributed by atoms with Crippen LogP contribution in [0.15, 0.2) is 18.2 Å². The maximum Gasteiger partial charge on any atom is 0.416 e. The summed E-state index contributed by atoms with van der Waals surface area (Å²) in [5.74, 6) is -7.13. The molecule has 118 valence electrons. The minimum Gasteiger partial charge on any atom is -0.508 e. The number of aromatic hydroxyl groups is 1. The second-order valence-corrected chi connectivity index (χ2v) is 4.09. The molecule has 9 heteroatoms. The van der Waals surface area contributed by atoms with E-state index in [1.807, 2.05) is 0 Å². The molecule has 0 bridgehead atoms. The van der Waals surface area contributed by atoms with Crippen molar-refractivity contribution in [2.24, 2.45) is 5.73 Å². The van der Waals surface area contributed by atoms with Crippen LogP contribution in [-0.4, -0.2) is 23.6 Å². The molecular weight excluding hydrogens is 301 g/mol. The molecule has 1 aromatic carbocycles. The van der Waals surface area contributed by atoms with Crippen LogP contribution < -0.4 is 5.73 Å². The summed E-state index contributed by atoms with van der Waals surface area (Å²) in [6.45, 7) is 0.928. The summed E-state index contributed by atoms with van der Waals surface area (Å²) in [5.41, 5.74) is 2.97. The fourth-order valence-corrected chi connectivity index (χ4v) is 1.53. The molecule has 4 nitrogen and oxygen atoms in total. The molecule has 0 spiro atoms. The fraction of sp³-hybridized carbons (Fsp3) is 0.417. The minimum absolute atomic E-state index is 0.271. The van der Waals surface area contributed by atoms with Gasteiger partial charge >= 0.3 is 18.1 Å². The minimum atomic E-state index is -4.80. The fourth-order valence-electron chi connectivity index (χ4n) is 1.53. The van der Waals surface area contributed by atoms with E-state index in [1.54, 1.807) is 0 Å². The van der Waals surface area contributed by atoms with E-state index in [4.69, 9.17) is 5.73 Å². The van der Waals surface area contributed by atoms with Gasteiger partial charge in [0.05, 0.1) is 12.2 Å². The Kier molecular flexibility index (Phi) is 4.77. The second kappa shape index (κ2) is 5.84. The summed E-state index contributed by atoms with van der Waals surface area (Å²) in [6.07, 6.45) is -4.80. The predicted octanol–water partition coefficient (Wildman–Crippen LogP) is 2.61. The zero-order valence-electron chi connectivity index (χ0n) is 10.7. The molecule has 21 heavy (non-hydrogen) atoms. The number of carbonyl (C=O) groups is 1. The third kappa shape index (κ3) is 3.60. The van der Waals surface area contributed by atoms with Gasteiger partial charge in [0.2, 0.25) is 0 Å². The Balaban J connectivity index is 3.23. The number of halogens is 5. The molecule has 0 saturated heterocycles. The molecule has 0 aliphatic carbocycles. The van der Waals surface area contributed by atoms with Crippen LogP contribution in [0.25, 0.3) is 0 Å². The highest BCUT2D eigenvalue weighted by molar-refractivity contribution is 5.79. The number of carbonyl (C=O) groups excluding carboxylic acids is 1. The molecule has 0 amide bonds. The molecule has 0 aromatic heterocycles. The first-order valence-corrected chi connectivity index (χ1v) is 5.72. The average molecular weight is 313 g/mol. The lowest BCUT2D eigenvalue weighted by Crippen LogP contribution is -2.41. The van der Waals surface area contributed by atoms with Crippen LogP contribution in [0.3, 0.4) is 0 Å². The zero-order valence-corrected chi connectivity index (χ0v) is 10.7. The molecule has 0 unspecified atom stereocenters. The van der Waals surface area contributed by atoms with Crippen molar-refractivity contribution in [3.8, 4) is 5.75 Å². The van der Waals surface area contributed by atoms with Crippen molar-refractivity contribution < 1.29 is 36.6 Å². The highest BCUT2D eigenvalue weighted by Crippen LogP contribution is 2.38. The molecule has 0 aliphatic rings. The Labute approximate surface area is 116 Å². The average Bonchev–Trinajstić information content (AvgIpc) is 2.37. The molecule has 0 aliphatic heterocycles. The van der Waals surface area contributed by atoms with Crippen LogP contribution in [-0.2, 0) is 15.7 Å². The Morgan fingerprint density at radius 2 is 1.90 bits per heavy atom.